The number of hydrogen-bond acceptors (Lipinski definition) is 1. The van der Waals surface area contributed by atoms with Crippen molar-refractivity contribution in [3.63, 3.8) is 0 Å². The van der Waals surface area contributed by atoms with Crippen molar-refractivity contribution in [1.82, 2.24) is 0 Å². The number of rotatable bonds is 1. The van der Waals surface area contributed by atoms with Crippen LogP contribution >= 0.6 is 0 Å². The second-order valence-corrected chi connectivity index (χ2v) is 0.575. The van der Waals surface area contributed by atoms with Gasteiger partial charge in [-0.3, -0.25) is 0 Å². The Bertz CT molecular complexity index is 23.6. The van der Waals surface area contributed by atoms with Crippen molar-refractivity contribution in [1.29, 1.82) is 0 Å². The van der Waals surface area contributed by atoms with E-state index in [-0.39, 0.29) is 29.6 Å². The molecule has 0 aliphatic heterocycles. The molecule has 0 bridgehead atoms. The molecule has 0 aromatic heterocycles. The van der Waals surface area contributed by atoms with Gasteiger partial charge in [-0.05, 0) is 6.32 Å². The number of aldehydes is 1. The van der Waals surface area contributed by atoms with Gasteiger partial charge in [-0.25, -0.2) is 0 Å². The molecule has 0 atom stereocenters. The van der Waals surface area contributed by atoms with Crippen LogP contribution in [0.15, 0.2) is 0 Å². The van der Waals surface area contributed by atoms with E-state index < -0.39 is 0 Å². The molecule has 0 aliphatic carbocycles. The summed E-state index contributed by atoms with van der Waals surface area (Å²) >= 11 is 0. The number of carbonyl (C=O) groups is 1. The predicted molar refractivity (Wildman–Crippen MR) is 26.6 cm³/mol. The van der Waals surface area contributed by atoms with Crippen molar-refractivity contribution in [2.45, 2.75) is 6.32 Å². The molecule has 0 radical (unpaired) electrons. The molecule has 0 spiro atoms. The van der Waals surface area contributed by atoms with Crippen LogP contribution in [0.25, 0.3) is 0 Å². The molecular weight excluding hydrogens is 73.8 g/mol. The van der Waals surface area contributed by atoms with Gasteiger partial charge in [0.05, 0.1) is 0 Å². The molecule has 0 N–H and O–H groups in total. The fourth-order valence-corrected chi connectivity index (χ4v) is 0. The molecule has 0 rings (SSSR count). The summed E-state index contributed by atoms with van der Waals surface area (Å²) in [6.45, 7) is 0. The van der Waals surface area contributed by atoms with Gasteiger partial charge in [-0.2, -0.15) is 0 Å². The molecule has 0 saturated carbocycles. The standard InChI is InChI=1S/C2H5BO.Na.H/c3-1-2-4;;/h2H,1,3H2;;. The Morgan fingerprint density at radius 1 is 1.80 bits per heavy atom. The molecule has 0 amide bonds. The van der Waals surface area contributed by atoms with Crippen LogP contribution in [0.2, 0.25) is 6.32 Å². The van der Waals surface area contributed by atoms with Gasteiger partial charge in [0.2, 0.25) is 0 Å². The topological polar surface area (TPSA) is 17.1 Å². The average Bonchev–Trinajstić information content (AvgIpc) is 1.37. The summed E-state index contributed by atoms with van der Waals surface area (Å²) in [5.74, 6) is 0. The minimum atomic E-state index is 0. The van der Waals surface area contributed by atoms with E-state index in [4.69, 9.17) is 0 Å². The second-order valence-electron chi connectivity index (χ2n) is 0.575. The molecule has 0 fully saturated rings. The van der Waals surface area contributed by atoms with Gasteiger partial charge in [0.1, 0.15) is 14.1 Å². The van der Waals surface area contributed by atoms with Gasteiger partial charge < -0.3 is 4.79 Å². The molecule has 0 saturated heterocycles. The first-order chi connectivity index (χ1) is 1.91. The SMILES string of the molecule is BCC=O.[NaH]. The van der Waals surface area contributed by atoms with Gasteiger partial charge in [0.25, 0.3) is 0 Å². The Hall–Kier alpha value is 0.735. The van der Waals surface area contributed by atoms with Crippen LogP contribution in [0.3, 0.4) is 0 Å². The molecular formula is C2H6BNaO. The van der Waals surface area contributed by atoms with Crippen molar-refractivity contribution < 1.29 is 4.79 Å². The summed E-state index contributed by atoms with van der Waals surface area (Å²) in [4.78, 5) is 9.17. The van der Waals surface area contributed by atoms with Gasteiger partial charge in [-0.1, -0.05) is 0 Å². The van der Waals surface area contributed by atoms with E-state index in [1.54, 1.807) is 0 Å². The number of hydrogen-bond donors (Lipinski definition) is 0. The number of carbonyl (C=O) groups excluding carboxylic acids is 1. The van der Waals surface area contributed by atoms with Crippen LogP contribution in [0, 0.1) is 0 Å². The third-order valence-electron chi connectivity index (χ3n) is 0.167. The minimum absolute atomic E-state index is 0. The van der Waals surface area contributed by atoms with E-state index in [1.165, 1.54) is 0 Å². The van der Waals surface area contributed by atoms with Crippen molar-refractivity contribution >= 4 is 43.7 Å². The van der Waals surface area contributed by atoms with E-state index in [2.05, 4.69) is 0 Å². The Labute approximate surface area is 54.8 Å². The Kier molecular flexibility index (Phi) is 16.3. The van der Waals surface area contributed by atoms with Crippen molar-refractivity contribution in [2.75, 3.05) is 0 Å². The van der Waals surface area contributed by atoms with Crippen LogP contribution in [0.5, 0.6) is 0 Å². The van der Waals surface area contributed by atoms with Crippen molar-refractivity contribution in [3.05, 3.63) is 0 Å². The van der Waals surface area contributed by atoms with E-state index in [0.29, 0.717) is 6.32 Å². The van der Waals surface area contributed by atoms with E-state index in [9.17, 15) is 4.79 Å². The first-order valence-corrected chi connectivity index (χ1v) is 1.35. The normalized spacial score (nSPS) is 4.80. The summed E-state index contributed by atoms with van der Waals surface area (Å²) in [6.07, 6.45) is 1.51. The molecule has 5 heavy (non-hydrogen) atoms. The monoisotopic (exact) mass is 80.0 g/mol. The van der Waals surface area contributed by atoms with Crippen molar-refractivity contribution in [3.8, 4) is 0 Å². The molecule has 0 aromatic rings. The third kappa shape index (κ3) is 11.8. The van der Waals surface area contributed by atoms with Gasteiger partial charge in [0, 0.05) is 0 Å². The van der Waals surface area contributed by atoms with Crippen molar-refractivity contribution in [2.24, 2.45) is 0 Å². The first kappa shape index (κ1) is 9.22. The summed E-state index contributed by atoms with van der Waals surface area (Å²) in [5.41, 5.74) is 0. The summed E-state index contributed by atoms with van der Waals surface area (Å²) < 4.78 is 0. The third-order valence-corrected chi connectivity index (χ3v) is 0.167. The molecule has 3 heteroatoms. The van der Waals surface area contributed by atoms with E-state index >= 15 is 0 Å². The van der Waals surface area contributed by atoms with E-state index in [1.807, 2.05) is 7.85 Å². The van der Waals surface area contributed by atoms with Crippen LogP contribution in [0.1, 0.15) is 0 Å². The average molecular weight is 79.9 g/mol. The zero-order chi connectivity index (χ0) is 3.41. The second kappa shape index (κ2) is 8.83. The van der Waals surface area contributed by atoms with Gasteiger partial charge in [0.15, 0.2) is 0 Å². The summed E-state index contributed by atoms with van der Waals surface area (Å²) in [5, 5.41) is 0. The molecule has 0 unspecified atom stereocenters. The summed E-state index contributed by atoms with van der Waals surface area (Å²) in [6, 6.07) is 0. The molecule has 0 aromatic carbocycles. The molecule has 0 aliphatic rings. The summed E-state index contributed by atoms with van der Waals surface area (Å²) in [7, 11) is 1.81. The Balaban J connectivity index is 0. The fourth-order valence-electron chi connectivity index (χ4n) is 0. The van der Waals surface area contributed by atoms with Gasteiger partial charge in [-0.15, -0.1) is 0 Å². The van der Waals surface area contributed by atoms with Crippen LogP contribution in [-0.4, -0.2) is 43.7 Å². The first-order valence-electron chi connectivity index (χ1n) is 1.35. The maximum atomic E-state index is 9.17. The van der Waals surface area contributed by atoms with Crippen LogP contribution in [-0.2, 0) is 4.79 Å². The Morgan fingerprint density at radius 2 is 2.00 bits per heavy atom. The maximum absolute atomic E-state index is 9.17. The Morgan fingerprint density at radius 3 is 2.00 bits per heavy atom. The molecule has 1 nitrogen and oxygen atoms in total. The zero-order valence-corrected chi connectivity index (χ0v) is 2.69. The predicted octanol–water partition coefficient (Wildman–Crippen LogP) is -1.41. The van der Waals surface area contributed by atoms with Crippen LogP contribution < -0.4 is 0 Å². The quantitative estimate of drug-likeness (QED) is 0.279. The molecule has 24 valence electrons. The molecule has 0 heterocycles. The zero-order valence-electron chi connectivity index (χ0n) is 2.69. The van der Waals surface area contributed by atoms with Gasteiger partial charge >= 0.3 is 29.6 Å². The van der Waals surface area contributed by atoms with E-state index in [0.717, 1.165) is 6.29 Å². The fraction of sp³-hybridized carbons (Fsp3) is 0.500. The van der Waals surface area contributed by atoms with Crippen LogP contribution in [0.4, 0.5) is 0 Å².